The lowest BCUT2D eigenvalue weighted by Gasteiger charge is -2.11. The molecule has 0 aliphatic rings. The Hall–Kier alpha value is -2.43. The smallest absolute Gasteiger partial charge is 0.339 e. The van der Waals surface area contributed by atoms with Crippen molar-refractivity contribution >= 4 is 31.7 Å². The van der Waals surface area contributed by atoms with Crippen LogP contribution < -0.4 is 9.86 Å². The molecule has 0 aliphatic heterocycles. The van der Waals surface area contributed by atoms with Crippen LogP contribution in [-0.2, 0) is 24.8 Å². The van der Waals surface area contributed by atoms with E-state index in [4.69, 9.17) is 5.14 Å². The standard InChI is InChI=1S/C14H14N2O6S2/c1-22-14(17)12-4-2-3-5-13(12)24(20,21)16-10-6-8-11(9-7-10)23(15,18)19/h2-9,16H,1H3,(H2,15,18,19). The fourth-order valence-electron chi connectivity index (χ4n) is 1.90. The number of ether oxygens (including phenoxy) is 1. The first-order chi connectivity index (χ1) is 11.1. The molecule has 0 aliphatic carbocycles. The van der Waals surface area contributed by atoms with Gasteiger partial charge in [-0.1, -0.05) is 12.1 Å². The number of esters is 1. The molecular formula is C14H14N2O6S2. The van der Waals surface area contributed by atoms with Crippen molar-refractivity contribution in [3.8, 4) is 0 Å². The Morgan fingerprint density at radius 3 is 2.12 bits per heavy atom. The van der Waals surface area contributed by atoms with Gasteiger partial charge >= 0.3 is 5.97 Å². The van der Waals surface area contributed by atoms with Crippen molar-refractivity contribution in [3.05, 3.63) is 54.1 Å². The van der Waals surface area contributed by atoms with Gasteiger partial charge in [0.15, 0.2) is 0 Å². The zero-order valence-electron chi connectivity index (χ0n) is 12.5. The van der Waals surface area contributed by atoms with Crippen molar-refractivity contribution in [3.63, 3.8) is 0 Å². The van der Waals surface area contributed by atoms with Crippen molar-refractivity contribution in [2.75, 3.05) is 11.8 Å². The van der Waals surface area contributed by atoms with Gasteiger partial charge in [0, 0.05) is 5.69 Å². The summed E-state index contributed by atoms with van der Waals surface area (Å²) in [6, 6.07) is 10.4. The molecule has 0 fully saturated rings. The van der Waals surface area contributed by atoms with Gasteiger partial charge in [-0.05, 0) is 36.4 Å². The summed E-state index contributed by atoms with van der Waals surface area (Å²) in [5.74, 6) is -0.791. The monoisotopic (exact) mass is 370 g/mol. The molecule has 0 unspecified atom stereocenters. The van der Waals surface area contributed by atoms with E-state index in [0.29, 0.717) is 0 Å². The van der Waals surface area contributed by atoms with Crippen LogP contribution in [0.1, 0.15) is 10.4 Å². The lowest BCUT2D eigenvalue weighted by Crippen LogP contribution is -2.17. The molecule has 0 spiro atoms. The Kier molecular flexibility index (Phi) is 4.92. The summed E-state index contributed by atoms with van der Waals surface area (Å²) in [4.78, 5) is 11.3. The number of nitrogens with two attached hydrogens (primary N) is 1. The lowest BCUT2D eigenvalue weighted by molar-refractivity contribution is 0.0596. The van der Waals surface area contributed by atoms with E-state index in [1.54, 1.807) is 0 Å². The van der Waals surface area contributed by atoms with Crippen LogP contribution in [0.15, 0.2) is 58.3 Å². The van der Waals surface area contributed by atoms with Gasteiger partial charge in [-0.3, -0.25) is 4.72 Å². The molecule has 0 heterocycles. The highest BCUT2D eigenvalue weighted by Gasteiger charge is 2.22. The van der Waals surface area contributed by atoms with Crippen LogP contribution in [0.25, 0.3) is 0 Å². The van der Waals surface area contributed by atoms with Crippen LogP contribution in [-0.4, -0.2) is 29.9 Å². The largest absolute Gasteiger partial charge is 0.465 e. The molecule has 2 aromatic carbocycles. The summed E-state index contributed by atoms with van der Waals surface area (Å²) < 4.78 is 54.1. The summed E-state index contributed by atoms with van der Waals surface area (Å²) >= 11 is 0. The number of nitrogens with one attached hydrogen (secondary N) is 1. The Balaban J connectivity index is 2.38. The number of primary sulfonamides is 1. The van der Waals surface area contributed by atoms with E-state index in [-0.39, 0.29) is 21.0 Å². The van der Waals surface area contributed by atoms with Crippen LogP contribution in [0.2, 0.25) is 0 Å². The van der Waals surface area contributed by atoms with Gasteiger partial charge < -0.3 is 4.74 Å². The highest BCUT2D eigenvalue weighted by molar-refractivity contribution is 7.92. The van der Waals surface area contributed by atoms with Crippen LogP contribution in [0, 0.1) is 0 Å². The number of carbonyl (C=O) groups excluding carboxylic acids is 1. The number of benzene rings is 2. The van der Waals surface area contributed by atoms with Gasteiger partial charge in [0.25, 0.3) is 10.0 Å². The molecule has 2 rings (SSSR count). The van der Waals surface area contributed by atoms with Crippen molar-refractivity contribution in [2.24, 2.45) is 5.14 Å². The first kappa shape index (κ1) is 17.9. The predicted octanol–water partition coefficient (Wildman–Crippen LogP) is 0.921. The second kappa shape index (κ2) is 6.59. The van der Waals surface area contributed by atoms with Gasteiger partial charge in [0.1, 0.15) is 4.90 Å². The number of hydrogen-bond acceptors (Lipinski definition) is 6. The summed E-state index contributed by atoms with van der Waals surface area (Å²) in [5.41, 5.74) is -0.00396. The Morgan fingerprint density at radius 1 is 1.00 bits per heavy atom. The summed E-state index contributed by atoms with van der Waals surface area (Å²) in [5, 5.41) is 4.98. The Morgan fingerprint density at radius 2 is 1.58 bits per heavy atom. The zero-order chi connectivity index (χ0) is 18.0. The number of rotatable bonds is 5. The molecular weight excluding hydrogens is 356 g/mol. The summed E-state index contributed by atoms with van der Waals surface area (Å²) in [6.45, 7) is 0. The maximum atomic E-state index is 12.5. The van der Waals surface area contributed by atoms with Crippen molar-refractivity contribution in [2.45, 2.75) is 9.79 Å². The molecule has 0 radical (unpaired) electrons. The second-order valence-corrected chi connectivity index (χ2v) is 7.87. The van der Waals surface area contributed by atoms with Crippen LogP contribution in [0.3, 0.4) is 0 Å². The van der Waals surface area contributed by atoms with Gasteiger partial charge in [-0.2, -0.15) is 0 Å². The fraction of sp³-hybridized carbons (Fsp3) is 0.0714. The van der Waals surface area contributed by atoms with Crippen molar-refractivity contribution in [1.82, 2.24) is 0 Å². The molecule has 2 aromatic rings. The van der Waals surface area contributed by atoms with Crippen molar-refractivity contribution in [1.29, 1.82) is 0 Å². The third-order valence-corrected chi connectivity index (χ3v) is 5.39. The van der Waals surface area contributed by atoms with E-state index in [9.17, 15) is 21.6 Å². The first-order valence-electron chi connectivity index (χ1n) is 6.48. The minimum Gasteiger partial charge on any atom is -0.465 e. The zero-order valence-corrected chi connectivity index (χ0v) is 14.1. The predicted molar refractivity (Wildman–Crippen MR) is 86.4 cm³/mol. The molecule has 8 nitrogen and oxygen atoms in total. The second-order valence-electron chi connectivity index (χ2n) is 4.66. The first-order valence-corrected chi connectivity index (χ1v) is 9.51. The average Bonchev–Trinajstić information content (AvgIpc) is 2.53. The van der Waals surface area contributed by atoms with Gasteiger partial charge in [0.05, 0.1) is 17.6 Å². The summed E-state index contributed by atoms with van der Waals surface area (Å²) in [6.07, 6.45) is 0. The normalized spacial score (nSPS) is 11.8. The minimum absolute atomic E-state index is 0.113. The van der Waals surface area contributed by atoms with Crippen LogP contribution >= 0.6 is 0 Å². The molecule has 24 heavy (non-hydrogen) atoms. The highest BCUT2D eigenvalue weighted by atomic mass is 32.2. The Labute approximate surface area is 139 Å². The molecule has 128 valence electrons. The number of anilines is 1. The van der Waals surface area contributed by atoms with E-state index in [2.05, 4.69) is 9.46 Å². The SMILES string of the molecule is COC(=O)c1ccccc1S(=O)(=O)Nc1ccc(S(N)(=O)=O)cc1. The van der Waals surface area contributed by atoms with E-state index < -0.39 is 26.0 Å². The quantitative estimate of drug-likeness (QED) is 0.752. The minimum atomic E-state index is -4.08. The molecule has 0 atom stereocenters. The highest BCUT2D eigenvalue weighted by Crippen LogP contribution is 2.21. The average molecular weight is 370 g/mol. The van der Waals surface area contributed by atoms with Gasteiger partial charge in [-0.15, -0.1) is 0 Å². The Bertz CT molecular complexity index is 967. The summed E-state index contributed by atoms with van der Waals surface area (Å²) in [7, 11) is -6.81. The van der Waals surface area contributed by atoms with E-state index in [0.717, 1.165) is 7.11 Å². The molecule has 0 saturated heterocycles. The maximum absolute atomic E-state index is 12.5. The number of methoxy groups -OCH3 is 1. The third-order valence-electron chi connectivity index (χ3n) is 3.02. The fourth-order valence-corrected chi connectivity index (χ4v) is 3.67. The number of sulfonamides is 2. The van der Waals surface area contributed by atoms with Crippen LogP contribution in [0.4, 0.5) is 5.69 Å². The van der Waals surface area contributed by atoms with Gasteiger partial charge in [-0.25, -0.2) is 26.8 Å². The topological polar surface area (TPSA) is 133 Å². The van der Waals surface area contributed by atoms with Crippen LogP contribution in [0.5, 0.6) is 0 Å². The molecule has 3 N–H and O–H groups in total. The van der Waals surface area contributed by atoms with E-state index >= 15 is 0 Å². The van der Waals surface area contributed by atoms with Crippen molar-refractivity contribution < 1.29 is 26.4 Å². The molecule has 0 amide bonds. The molecule has 0 saturated carbocycles. The third kappa shape index (κ3) is 3.91. The molecule has 0 aromatic heterocycles. The number of hydrogen-bond donors (Lipinski definition) is 2. The maximum Gasteiger partial charge on any atom is 0.339 e. The lowest BCUT2D eigenvalue weighted by atomic mass is 10.2. The van der Waals surface area contributed by atoms with Gasteiger partial charge in [0.2, 0.25) is 10.0 Å². The molecule has 10 heteroatoms. The number of carbonyl (C=O) groups is 1. The van der Waals surface area contributed by atoms with E-state index in [1.807, 2.05) is 0 Å². The van der Waals surface area contributed by atoms with E-state index in [1.165, 1.54) is 48.5 Å². The molecule has 0 bridgehead atoms.